The molecule has 3 heterocycles. The van der Waals surface area contributed by atoms with Crippen molar-refractivity contribution in [3.63, 3.8) is 0 Å². The van der Waals surface area contributed by atoms with Crippen LogP contribution in [0, 0.1) is 0 Å². The Hall–Kier alpha value is -3.17. The first kappa shape index (κ1) is 27.9. The van der Waals surface area contributed by atoms with Crippen molar-refractivity contribution in [3.05, 3.63) is 69.1 Å². The zero-order valence-electron chi connectivity index (χ0n) is 23.1. The van der Waals surface area contributed by atoms with E-state index in [0.717, 1.165) is 10.4 Å². The molecule has 2 aromatic rings. The number of esters is 1. The van der Waals surface area contributed by atoms with Crippen LogP contribution >= 0.6 is 11.3 Å². The van der Waals surface area contributed by atoms with Gasteiger partial charge in [-0.1, -0.05) is 51.1 Å². The van der Waals surface area contributed by atoms with E-state index in [0.29, 0.717) is 37.4 Å². The van der Waals surface area contributed by atoms with Crippen LogP contribution in [-0.2, 0) is 14.9 Å². The van der Waals surface area contributed by atoms with Crippen LogP contribution in [0.2, 0.25) is 0 Å². The fourth-order valence-corrected chi connectivity index (χ4v) is 5.73. The van der Waals surface area contributed by atoms with Gasteiger partial charge < -0.3 is 15.0 Å². The number of benzene rings is 1. The zero-order chi connectivity index (χ0) is 27.6. The van der Waals surface area contributed by atoms with Crippen LogP contribution in [0.15, 0.2) is 53.0 Å². The van der Waals surface area contributed by atoms with Gasteiger partial charge in [-0.25, -0.2) is 9.59 Å². The molecule has 2 aliphatic heterocycles. The maximum atomic E-state index is 13.3. The van der Waals surface area contributed by atoms with Gasteiger partial charge in [0, 0.05) is 45.0 Å². The summed E-state index contributed by atoms with van der Waals surface area (Å²) >= 11 is 1.45. The lowest BCUT2D eigenvalue weighted by Crippen LogP contribution is -2.56. The fourth-order valence-electron chi connectivity index (χ4n) is 5.06. The lowest BCUT2D eigenvalue weighted by molar-refractivity contribution is -0.139. The van der Waals surface area contributed by atoms with Crippen molar-refractivity contribution < 1.29 is 19.1 Å². The van der Waals surface area contributed by atoms with E-state index in [4.69, 9.17) is 4.74 Å². The van der Waals surface area contributed by atoms with E-state index in [1.165, 1.54) is 21.8 Å². The fraction of sp³-hybridized carbons (Fsp3) is 0.483. The summed E-state index contributed by atoms with van der Waals surface area (Å²) in [5.74, 6) is -0.384. The summed E-state index contributed by atoms with van der Waals surface area (Å²) < 4.78 is 5.48. The molecule has 1 aromatic heterocycles. The number of nitrogens with zero attached hydrogens (tertiary/aromatic N) is 3. The van der Waals surface area contributed by atoms with Crippen LogP contribution in [-0.4, -0.2) is 78.5 Å². The number of hydrogen-bond acceptors (Lipinski definition) is 6. The van der Waals surface area contributed by atoms with E-state index in [1.807, 2.05) is 53.6 Å². The smallest absolute Gasteiger partial charge is 0.338 e. The molecule has 2 aliphatic rings. The Morgan fingerprint density at radius 1 is 1.13 bits per heavy atom. The summed E-state index contributed by atoms with van der Waals surface area (Å²) in [7, 11) is 1.68. The van der Waals surface area contributed by atoms with Crippen molar-refractivity contribution in [1.29, 1.82) is 0 Å². The lowest BCUT2D eigenvalue weighted by atomic mass is 9.85. The summed E-state index contributed by atoms with van der Waals surface area (Å²) in [6.07, 6.45) is 0. The van der Waals surface area contributed by atoms with Crippen molar-refractivity contribution >= 4 is 29.2 Å². The molecule has 3 amide bonds. The standard InChI is InChI=1S/C29H38N4O4S/c1-7-37-27(35)24-22(18-32-14-15-33(19(2)17-32)26(34)23-9-8-16-38-23)31(6)28(36)30-25(24)20-10-12-21(13-11-20)29(3,4)5/h8-13,16,19,25H,7,14-15,17-18H2,1-6H3,(H,30,36). The Kier molecular flexibility index (Phi) is 8.28. The number of likely N-dealkylation sites (N-methyl/N-ethyl adjacent to an activating group) is 1. The third kappa shape index (κ3) is 5.78. The van der Waals surface area contributed by atoms with Gasteiger partial charge in [0.25, 0.3) is 5.91 Å². The molecular weight excluding hydrogens is 500 g/mol. The predicted molar refractivity (Wildman–Crippen MR) is 149 cm³/mol. The first-order chi connectivity index (χ1) is 18.0. The molecule has 2 unspecified atom stereocenters. The number of urea groups is 1. The largest absolute Gasteiger partial charge is 0.463 e. The molecule has 204 valence electrons. The Morgan fingerprint density at radius 3 is 2.42 bits per heavy atom. The number of hydrogen-bond donors (Lipinski definition) is 1. The highest BCUT2D eigenvalue weighted by atomic mass is 32.1. The van der Waals surface area contributed by atoms with Gasteiger partial charge in [-0.3, -0.25) is 14.6 Å². The third-order valence-corrected chi connectivity index (χ3v) is 8.12. The average molecular weight is 539 g/mol. The van der Waals surface area contributed by atoms with Crippen molar-refractivity contribution in [1.82, 2.24) is 20.0 Å². The molecule has 2 atom stereocenters. The second kappa shape index (κ2) is 11.3. The Morgan fingerprint density at radius 2 is 1.84 bits per heavy atom. The molecule has 0 saturated carbocycles. The molecule has 0 aliphatic carbocycles. The van der Waals surface area contributed by atoms with Crippen LogP contribution < -0.4 is 5.32 Å². The highest BCUT2D eigenvalue weighted by molar-refractivity contribution is 7.12. The number of thiophene rings is 1. The molecule has 1 aromatic carbocycles. The summed E-state index contributed by atoms with van der Waals surface area (Å²) in [5.41, 5.74) is 3.07. The predicted octanol–water partition coefficient (Wildman–Crippen LogP) is 4.41. The molecular formula is C29H38N4O4S. The van der Waals surface area contributed by atoms with Gasteiger partial charge in [-0.2, -0.15) is 0 Å². The summed E-state index contributed by atoms with van der Waals surface area (Å²) in [6, 6.07) is 10.9. The first-order valence-electron chi connectivity index (χ1n) is 13.1. The van der Waals surface area contributed by atoms with E-state index >= 15 is 0 Å². The SMILES string of the molecule is CCOC(=O)C1=C(CN2CCN(C(=O)c3cccs3)C(C)C2)N(C)C(=O)NC1c1ccc(C(C)(C)C)cc1. The molecule has 1 N–H and O–H groups in total. The van der Waals surface area contributed by atoms with Crippen LogP contribution in [0.5, 0.6) is 0 Å². The number of rotatable bonds is 6. The molecule has 0 radical (unpaired) electrons. The van der Waals surface area contributed by atoms with Gasteiger partial charge >= 0.3 is 12.0 Å². The van der Waals surface area contributed by atoms with Crippen LogP contribution in [0.4, 0.5) is 4.79 Å². The van der Waals surface area contributed by atoms with Gasteiger partial charge in [-0.15, -0.1) is 11.3 Å². The third-order valence-electron chi connectivity index (χ3n) is 7.26. The maximum Gasteiger partial charge on any atom is 0.338 e. The Labute approximate surface area is 229 Å². The van der Waals surface area contributed by atoms with E-state index in [1.54, 1.807) is 14.0 Å². The quantitative estimate of drug-likeness (QED) is 0.551. The van der Waals surface area contributed by atoms with Gasteiger partial charge in [-0.05, 0) is 41.8 Å². The highest BCUT2D eigenvalue weighted by Crippen LogP contribution is 2.33. The molecule has 9 heteroatoms. The minimum Gasteiger partial charge on any atom is -0.463 e. The second-order valence-corrected chi connectivity index (χ2v) is 11.9. The minimum absolute atomic E-state index is 0.00606. The van der Waals surface area contributed by atoms with E-state index in [-0.39, 0.29) is 30.0 Å². The number of ether oxygens (including phenoxy) is 1. The lowest BCUT2D eigenvalue weighted by Gasteiger charge is -2.42. The monoisotopic (exact) mass is 538 g/mol. The van der Waals surface area contributed by atoms with Gasteiger partial charge in [0.15, 0.2) is 0 Å². The van der Waals surface area contributed by atoms with Gasteiger partial charge in [0.05, 0.1) is 23.1 Å². The number of amides is 3. The van der Waals surface area contributed by atoms with Gasteiger partial charge in [0.2, 0.25) is 0 Å². The maximum absolute atomic E-state index is 13.3. The molecule has 4 rings (SSSR count). The molecule has 0 bridgehead atoms. The molecule has 1 saturated heterocycles. The van der Waals surface area contributed by atoms with Crippen LogP contribution in [0.1, 0.15) is 61.5 Å². The Balaban J connectivity index is 1.62. The minimum atomic E-state index is -0.610. The number of piperazine rings is 1. The normalized spacial score (nSPS) is 20.9. The Bertz CT molecular complexity index is 1200. The first-order valence-corrected chi connectivity index (χ1v) is 14.0. The number of nitrogens with one attached hydrogen (secondary N) is 1. The van der Waals surface area contributed by atoms with Crippen molar-refractivity contribution in [2.24, 2.45) is 0 Å². The second-order valence-electron chi connectivity index (χ2n) is 11.0. The highest BCUT2D eigenvalue weighted by Gasteiger charge is 2.38. The number of carbonyl (C=O) groups excluding carboxylic acids is 3. The van der Waals surface area contributed by atoms with Crippen molar-refractivity contribution in [2.75, 3.05) is 39.8 Å². The summed E-state index contributed by atoms with van der Waals surface area (Å²) in [5, 5.41) is 4.91. The zero-order valence-corrected chi connectivity index (χ0v) is 23.9. The van der Waals surface area contributed by atoms with E-state index in [9.17, 15) is 14.4 Å². The summed E-state index contributed by atoms with van der Waals surface area (Å²) in [6.45, 7) is 12.8. The average Bonchev–Trinajstić information content (AvgIpc) is 3.41. The topological polar surface area (TPSA) is 82.2 Å². The molecule has 0 spiro atoms. The van der Waals surface area contributed by atoms with Crippen molar-refractivity contribution in [3.8, 4) is 0 Å². The molecule has 38 heavy (non-hydrogen) atoms. The summed E-state index contributed by atoms with van der Waals surface area (Å²) in [4.78, 5) is 45.7. The van der Waals surface area contributed by atoms with Gasteiger partial charge in [0.1, 0.15) is 0 Å². The number of carbonyl (C=O) groups is 3. The van der Waals surface area contributed by atoms with Crippen LogP contribution in [0.3, 0.4) is 0 Å². The molecule has 8 nitrogen and oxygen atoms in total. The molecule has 1 fully saturated rings. The van der Waals surface area contributed by atoms with Crippen LogP contribution in [0.25, 0.3) is 0 Å². The van der Waals surface area contributed by atoms with E-state index in [2.05, 4.69) is 31.0 Å². The van der Waals surface area contributed by atoms with E-state index < -0.39 is 12.0 Å². The van der Waals surface area contributed by atoms with Crippen molar-refractivity contribution in [2.45, 2.75) is 52.1 Å².